The zero-order valence-electron chi connectivity index (χ0n) is 10.6. The molecule has 0 radical (unpaired) electrons. The second kappa shape index (κ2) is 5.05. The van der Waals surface area contributed by atoms with E-state index in [4.69, 9.17) is 13.9 Å². The molecule has 0 atom stereocenters. The van der Waals surface area contributed by atoms with Gasteiger partial charge in [-0.05, 0) is 34.5 Å². The van der Waals surface area contributed by atoms with Crippen LogP contribution in [0.5, 0.6) is 11.5 Å². The van der Waals surface area contributed by atoms with Crippen molar-refractivity contribution in [2.24, 2.45) is 0 Å². The highest BCUT2D eigenvalue weighted by molar-refractivity contribution is 9.10. The number of fused-ring (bicyclic) bond motifs is 1. The van der Waals surface area contributed by atoms with E-state index in [0.29, 0.717) is 21.2 Å². The van der Waals surface area contributed by atoms with Crippen LogP contribution in [0.15, 0.2) is 25.8 Å². The Hall–Kier alpha value is -1.82. The van der Waals surface area contributed by atoms with Crippen molar-refractivity contribution in [2.75, 3.05) is 7.11 Å². The van der Waals surface area contributed by atoms with Crippen LogP contribution in [-0.2, 0) is 4.79 Å². The first-order valence-corrected chi connectivity index (χ1v) is 6.22. The molecule has 2 rings (SSSR count). The van der Waals surface area contributed by atoms with E-state index in [0.717, 1.165) is 5.56 Å². The maximum absolute atomic E-state index is 11.6. The van der Waals surface area contributed by atoms with Crippen molar-refractivity contribution in [1.82, 2.24) is 0 Å². The minimum Gasteiger partial charge on any atom is -0.493 e. The maximum Gasteiger partial charge on any atom is 0.350 e. The highest BCUT2D eigenvalue weighted by Gasteiger charge is 2.15. The predicted octanol–water partition coefficient (Wildman–Crippen LogP) is 2.80. The number of carbonyl (C=O) groups is 1. The van der Waals surface area contributed by atoms with E-state index in [1.807, 2.05) is 0 Å². The zero-order chi connectivity index (χ0) is 14.2. The zero-order valence-corrected chi connectivity index (χ0v) is 12.2. The van der Waals surface area contributed by atoms with Gasteiger partial charge < -0.3 is 13.9 Å². The molecule has 0 amide bonds. The molecule has 6 heteroatoms. The summed E-state index contributed by atoms with van der Waals surface area (Å²) < 4.78 is 15.7. The van der Waals surface area contributed by atoms with Gasteiger partial charge in [0.25, 0.3) is 0 Å². The highest BCUT2D eigenvalue weighted by Crippen LogP contribution is 2.34. The fourth-order valence-electron chi connectivity index (χ4n) is 1.73. The average molecular weight is 327 g/mol. The van der Waals surface area contributed by atoms with Crippen molar-refractivity contribution in [1.29, 1.82) is 0 Å². The second-order valence-corrected chi connectivity index (χ2v) is 4.71. The van der Waals surface area contributed by atoms with Crippen LogP contribution in [0.4, 0.5) is 0 Å². The molecular formula is C13H11BrO5. The standard InChI is InChI=1S/C13H11BrO5/c1-6-8-4-10(17-3)11(18-7(2)15)5-9(8)19-13(16)12(6)14/h4-5H,1-3H3. The minimum absolute atomic E-state index is 0.215. The molecule has 100 valence electrons. The number of methoxy groups -OCH3 is 1. The van der Waals surface area contributed by atoms with Gasteiger partial charge in [0.1, 0.15) is 10.1 Å². The smallest absolute Gasteiger partial charge is 0.350 e. The molecule has 0 aliphatic heterocycles. The monoisotopic (exact) mass is 326 g/mol. The molecule has 1 heterocycles. The SMILES string of the molecule is COc1cc2c(C)c(Br)c(=O)oc2cc1OC(C)=O. The van der Waals surface area contributed by atoms with E-state index in [-0.39, 0.29) is 5.75 Å². The first-order chi connectivity index (χ1) is 8.93. The number of carbonyl (C=O) groups excluding carboxylic acids is 1. The summed E-state index contributed by atoms with van der Waals surface area (Å²) >= 11 is 3.17. The van der Waals surface area contributed by atoms with E-state index in [1.54, 1.807) is 13.0 Å². The van der Waals surface area contributed by atoms with Crippen LogP contribution in [0, 0.1) is 6.92 Å². The van der Waals surface area contributed by atoms with Crippen LogP contribution >= 0.6 is 15.9 Å². The van der Waals surface area contributed by atoms with Crippen molar-refractivity contribution in [3.05, 3.63) is 32.6 Å². The molecule has 0 saturated heterocycles. The molecule has 0 N–H and O–H groups in total. The molecule has 0 bridgehead atoms. The fourth-order valence-corrected chi connectivity index (χ4v) is 2.02. The quantitative estimate of drug-likeness (QED) is 0.482. The maximum atomic E-state index is 11.6. The third kappa shape index (κ3) is 2.49. The Morgan fingerprint density at radius 2 is 2.00 bits per heavy atom. The Kier molecular flexibility index (Phi) is 3.61. The molecule has 2 aromatic rings. The Morgan fingerprint density at radius 1 is 1.32 bits per heavy atom. The van der Waals surface area contributed by atoms with Crippen LogP contribution in [0.2, 0.25) is 0 Å². The number of esters is 1. The lowest BCUT2D eigenvalue weighted by Crippen LogP contribution is -2.05. The topological polar surface area (TPSA) is 65.7 Å². The summed E-state index contributed by atoms with van der Waals surface area (Å²) in [5.41, 5.74) is 0.589. The average Bonchev–Trinajstić information content (AvgIpc) is 2.35. The summed E-state index contributed by atoms with van der Waals surface area (Å²) in [6.45, 7) is 3.07. The van der Waals surface area contributed by atoms with Crippen LogP contribution in [0.3, 0.4) is 0 Å². The lowest BCUT2D eigenvalue weighted by molar-refractivity contribution is -0.131. The minimum atomic E-state index is -0.482. The molecule has 0 fully saturated rings. The number of ether oxygens (including phenoxy) is 2. The van der Waals surface area contributed by atoms with Gasteiger partial charge in [-0.15, -0.1) is 0 Å². The highest BCUT2D eigenvalue weighted by atomic mass is 79.9. The molecule has 0 unspecified atom stereocenters. The van der Waals surface area contributed by atoms with Gasteiger partial charge in [-0.3, -0.25) is 4.79 Å². The summed E-state index contributed by atoms with van der Waals surface area (Å²) in [5.74, 6) is 0.132. The van der Waals surface area contributed by atoms with Crippen molar-refractivity contribution in [3.8, 4) is 11.5 Å². The lowest BCUT2D eigenvalue weighted by atomic mass is 10.1. The fraction of sp³-hybridized carbons (Fsp3) is 0.231. The molecule has 0 aliphatic carbocycles. The van der Waals surface area contributed by atoms with Crippen molar-refractivity contribution in [3.63, 3.8) is 0 Å². The van der Waals surface area contributed by atoms with Crippen LogP contribution in [-0.4, -0.2) is 13.1 Å². The summed E-state index contributed by atoms with van der Waals surface area (Å²) in [4.78, 5) is 22.6. The molecule has 0 saturated carbocycles. The largest absolute Gasteiger partial charge is 0.493 e. The van der Waals surface area contributed by atoms with Gasteiger partial charge in [-0.25, -0.2) is 4.79 Å². The van der Waals surface area contributed by atoms with Gasteiger partial charge in [0, 0.05) is 18.4 Å². The van der Waals surface area contributed by atoms with Crippen molar-refractivity contribution < 1.29 is 18.7 Å². The van der Waals surface area contributed by atoms with Crippen LogP contribution < -0.4 is 15.1 Å². The summed E-state index contributed by atoms with van der Waals surface area (Å²) in [6, 6.07) is 3.13. The van der Waals surface area contributed by atoms with Crippen molar-refractivity contribution in [2.45, 2.75) is 13.8 Å². The first kappa shape index (κ1) is 13.6. The van der Waals surface area contributed by atoms with Gasteiger partial charge in [0.2, 0.25) is 0 Å². The van der Waals surface area contributed by atoms with Gasteiger partial charge in [-0.1, -0.05) is 0 Å². The van der Waals surface area contributed by atoms with Gasteiger partial charge >= 0.3 is 11.6 Å². The Labute approximate surface area is 117 Å². The Balaban J connectivity index is 2.78. The Morgan fingerprint density at radius 3 is 2.58 bits per heavy atom. The normalized spacial score (nSPS) is 10.5. The van der Waals surface area contributed by atoms with Crippen LogP contribution in [0.25, 0.3) is 11.0 Å². The first-order valence-electron chi connectivity index (χ1n) is 5.43. The van der Waals surface area contributed by atoms with E-state index in [2.05, 4.69) is 15.9 Å². The molecule has 1 aromatic carbocycles. The van der Waals surface area contributed by atoms with E-state index in [9.17, 15) is 9.59 Å². The van der Waals surface area contributed by atoms with E-state index < -0.39 is 11.6 Å². The van der Waals surface area contributed by atoms with Gasteiger partial charge in [-0.2, -0.15) is 0 Å². The number of halogens is 1. The number of hydrogen-bond acceptors (Lipinski definition) is 5. The molecule has 0 spiro atoms. The number of aryl methyl sites for hydroxylation is 1. The Bertz CT molecular complexity index is 717. The number of hydrogen-bond donors (Lipinski definition) is 0. The van der Waals surface area contributed by atoms with Gasteiger partial charge in [0.15, 0.2) is 11.5 Å². The molecule has 0 aliphatic rings. The number of benzene rings is 1. The summed E-state index contributed by atoms with van der Waals surface area (Å²) in [5, 5.41) is 0.708. The van der Waals surface area contributed by atoms with E-state index in [1.165, 1.54) is 20.1 Å². The summed E-state index contributed by atoms with van der Waals surface area (Å²) in [6.07, 6.45) is 0. The van der Waals surface area contributed by atoms with E-state index >= 15 is 0 Å². The van der Waals surface area contributed by atoms with Crippen LogP contribution in [0.1, 0.15) is 12.5 Å². The number of rotatable bonds is 2. The molecule has 19 heavy (non-hydrogen) atoms. The third-order valence-electron chi connectivity index (χ3n) is 2.63. The molecular weight excluding hydrogens is 316 g/mol. The third-order valence-corrected chi connectivity index (χ3v) is 3.55. The lowest BCUT2D eigenvalue weighted by Gasteiger charge is -2.10. The molecule has 1 aromatic heterocycles. The summed E-state index contributed by atoms with van der Waals surface area (Å²) in [7, 11) is 1.47. The van der Waals surface area contributed by atoms with Crippen molar-refractivity contribution >= 4 is 32.9 Å². The van der Waals surface area contributed by atoms with Gasteiger partial charge in [0.05, 0.1) is 7.11 Å². The second-order valence-electron chi connectivity index (χ2n) is 3.92. The predicted molar refractivity (Wildman–Crippen MR) is 72.8 cm³/mol. The molecule has 5 nitrogen and oxygen atoms in total.